The highest BCUT2D eigenvalue weighted by molar-refractivity contribution is 6.21. The summed E-state index contributed by atoms with van der Waals surface area (Å²) < 4.78 is 5.03. The van der Waals surface area contributed by atoms with Gasteiger partial charge in [-0.05, 0) is 18.6 Å². The number of esters is 1. The second kappa shape index (κ2) is 5.59. The molecule has 114 valence electrons. The molecular formula is C15H14N2O5. The van der Waals surface area contributed by atoms with Gasteiger partial charge >= 0.3 is 5.97 Å². The van der Waals surface area contributed by atoms with E-state index in [-0.39, 0.29) is 30.9 Å². The van der Waals surface area contributed by atoms with E-state index < -0.39 is 12.0 Å². The molecule has 1 aromatic rings. The number of hydrogen-bond donors (Lipinski definition) is 1. The molecule has 0 saturated carbocycles. The molecule has 7 heteroatoms. The van der Waals surface area contributed by atoms with Gasteiger partial charge in [0.05, 0.1) is 17.7 Å². The Kier molecular flexibility index (Phi) is 3.62. The standard InChI is InChI=1S/C15H14N2O5/c18-12-6-5-11(16-12)15(21)22-8-7-17-13(19)9-3-1-2-4-10(9)14(17)20/h1-4,11H,5-8H2,(H,16,18)/t11-/m0/s1. The largest absolute Gasteiger partial charge is 0.462 e. The zero-order chi connectivity index (χ0) is 15.7. The Morgan fingerprint density at radius 3 is 2.36 bits per heavy atom. The number of benzene rings is 1. The third kappa shape index (κ3) is 2.45. The number of imide groups is 1. The minimum atomic E-state index is -0.630. The molecule has 1 aromatic carbocycles. The van der Waals surface area contributed by atoms with Crippen LogP contribution in [-0.4, -0.2) is 47.8 Å². The van der Waals surface area contributed by atoms with Crippen LogP contribution < -0.4 is 5.32 Å². The molecular weight excluding hydrogens is 288 g/mol. The van der Waals surface area contributed by atoms with Crippen molar-refractivity contribution in [3.8, 4) is 0 Å². The van der Waals surface area contributed by atoms with Crippen molar-refractivity contribution in [2.45, 2.75) is 18.9 Å². The van der Waals surface area contributed by atoms with Gasteiger partial charge in [-0.15, -0.1) is 0 Å². The van der Waals surface area contributed by atoms with Crippen LogP contribution >= 0.6 is 0 Å². The molecule has 1 fully saturated rings. The Labute approximate surface area is 126 Å². The highest BCUT2D eigenvalue weighted by atomic mass is 16.5. The minimum Gasteiger partial charge on any atom is -0.462 e. The van der Waals surface area contributed by atoms with Gasteiger partial charge in [0.2, 0.25) is 5.91 Å². The van der Waals surface area contributed by atoms with Gasteiger partial charge < -0.3 is 10.1 Å². The van der Waals surface area contributed by atoms with Crippen molar-refractivity contribution in [1.82, 2.24) is 10.2 Å². The molecule has 0 radical (unpaired) electrons. The summed E-state index contributed by atoms with van der Waals surface area (Å²) in [6.07, 6.45) is 0.711. The molecule has 1 atom stereocenters. The summed E-state index contributed by atoms with van der Waals surface area (Å²) in [5, 5.41) is 2.50. The van der Waals surface area contributed by atoms with E-state index in [1.54, 1.807) is 24.3 Å². The first-order valence-corrected chi connectivity index (χ1v) is 6.99. The topological polar surface area (TPSA) is 92.8 Å². The predicted octanol–water partition coefficient (Wildman–Crippen LogP) is 0.104. The molecule has 0 aromatic heterocycles. The number of ether oxygens (including phenoxy) is 1. The fraction of sp³-hybridized carbons (Fsp3) is 0.333. The fourth-order valence-electron chi connectivity index (χ4n) is 2.57. The van der Waals surface area contributed by atoms with Crippen LogP contribution in [0.1, 0.15) is 33.6 Å². The molecule has 0 unspecified atom stereocenters. The van der Waals surface area contributed by atoms with Crippen LogP contribution in [0.2, 0.25) is 0 Å². The van der Waals surface area contributed by atoms with Crippen molar-refractivity contribution in [2.75, 3.05) is 13.2 Å². The van der Waals surface area contributed by atoms with E-state index in [0.717, 1.165) is 4.90 Å². The average molecular weight is 302 g/mol. The smallest absolute Gasteiger partial charge is 0.328 e. The van der Waals surface area contributed by atoms with Crippen LogP contribution in [0.4, 0.5) is 0 Å². The lowest BCUT2D eigenvalue weighted by atomic mass is 10.1. The maximum atomic E-state index is 12.1. The van der Waals surface area contributed by atoms with Crippen LogP contribution in [0, 0.1) is 0 Å². The van der Waals surface area contributed by atoms with Crippen molar-refractivity contribution >= 4 is 23.7 Å². The number of carbonyl (C=O) groups excluding carboxylic acids is 4. The predicted molar refractivity (Wildman–Crippen MR) is 73.9 cm³/mol. The van der Waals surface area contributed by atoms with Crippen LogP contribution in [0.3, 0.4) is 0 Å². The molecule has 0 bridgehead atoms. The van der Waals surface area contributed by atoms with Crippen LogP contribution in [-0.2, 0) is 14.3 Å². The van der Waals surface area contributed by atoms with E-state index in [1.807, 2.05) is 0 Å². The molecule has 22 heavy (non-hydrogen) atoms. The van der Waals surface area contributed by atoms with Crippen molar-refractivity contribution in [1.29, 1.82) is 0 Å². The van der Waals surface area contributed by atoms with E-state index in [9.17, 15) is 19.2 Å². The molecule has 3 amide bonds. The van der Waals surface area contributed by atoms with E-state index in [4.69, 9.17) is 4.74 Å². The van der Waals surface area contributed by atoms with Gasteiger partial charge in [-0.1, -0.05) is 12.1 Å². The number of nitrogens with zero attached hydrogens (tertiary/aromatic N) is 1. The van der Waals surface area contributed by atoms with Gasteiger partial charge in [0, 0.05) is 6.42 Å². The zero-order valence-corrected chi connectivity index (χ0v) is 11.7. The summed E-state index contributed by atoms with van der Waals surface area (Å²) in [6.45, 7) is -0.0879. The molecule has 2 heterocycles. The lowest BCUT2D eigenvalue weighted by Crippen LogP contribution is -2.37. The first-order valence-electron chi connectivity index (χ1n) is 6.99. The van der Waals surface area contributed by atoms with E-state index >= 15 is 0 Å². The van der Waals surface area contributed by atoms with Gasteiger partial charge in [0.25, 0.3) is 11.8 Å². The Bertz CT molecular complexity index is 635. The Balaban J connectivity index is 1.55. The molecule has 7 nitrogen and oxygen atoms in total. The highest BCUT2D eigenvalue weighted by Gasteiger charge is 2.35. The summed E-state index contributed by atoms with van der Waals surface area (Å²) in [6, 6.07) is 5.94. The lowest BCUT2D eigenvalue weighted by molar-refractivity contribution is -0.146. The Morgan fingerprint density at radius 1 is 1.18 bits per heavy atom. The SMILES string of the molecule is O=C1CC[C@@H](C(=O)OCCN2C(=O)c3ccccc3C2=O)N1. The van der Waals surface area contributed by atoms with Crippen molar-refractivity contribution in [3.63, 3.8) is 0 Å². The normalized spacial score (nSPS) is 20.1. The number of rotatable bonds is 4. The Morgan fingerprint density at radius 2 is 1.82 bits per heavy atom. The van der Waals surface area contributed by atoms with Gasteiger partial charge in [0.15, 0.2) is 0 Å². The third-order valence-electron chi connectivity index (χ3n) is 3.72. The Hall–Kier alpha value is -2.70. The van der Waals surface area contributed by atoms with Gasteiger partial charge in [-0.2, -0.15) is 0 Å². The lowest BCUT2D eigenvalue weighted by Gasteiger charge is -2.15. The quantitative estimate of drug-likeness (QED) is 0.629. The average Bonchev–Trinajstić information content (AvgIpc) is 3.05. The second-order valence-corrected chi connectivity index (χ2v) is 5.13. The molecule has 3 rings (SSSR count). The van der Waals surface area contributed by atoms with Crippen LogP contribution in [0.15, 0.2) is 24.3 Å². The van der Waals surface area contributed by atoms with Gasteiger partial charge in [-0.3, -0.25) is 19.3 Å². The molecule has 0 aliphatic carbocycles. The molecule has 1 saturated heterocycles. The molecule has 1 N–H and O–H groups in total. The number of carbonyl (C=O) groups is 4. The van der Waals surface area contributed by atoms with E-state index in [2.05, 4.69) is 5.32 Å². The molecule has 0 spiro atoms. The first-order chi connectivity index (χ1) is 10.6. The third-order valence-corrected chi connectivity index (χ3v) is 3.72. The number of nitrogens with one attached hydrogen (secondary N) is 1. The monoisotopic (exact) mass is 302 g/mol. The molecule has 2 aliphatic heterocycles. The van der Waals surface area contributed by atoms with Crippen LogP contribution in [0.5, 0.6) is 0 Å². The number of amides is 3. The zero-order valence-electron chi connectivity index (χ0n) is 11.7. The second-order valence-electron chi connectivity index (χ2n) is 5.13. The summed E-state index contributed by atoms with van der Waals surface area (Å²) in [7, 11) is 0. The summed E-state index contributed by atoms with van der Waals surface area (Å²) in [5.74, 6) is -1.48. The van der Waals surface area contributed by atoms with E-state index in [0.29, 0.717) is 24.0 Å². The first kappa shape index (κ1) is 14.2. The van der Waals surface area contributed by atoms with E-state index in [1.165, 1.54) is 0 Å². The maximum absolute atomic E-state index is 12.1. The minimum absolute atomic E-state index is 0.00124. The highest BCUT2D eigenvalue weighted by Crippen LogP contribution is 2.21. The summed E-state index contributed by atoms with van der Waals surface area (Å²) in [4.78, 5) is 48.0. The van der Waals surface area contributed by atoms with Gasteiger partial charge in [0.1, 0.15) is 12.6 Å². The number of hydrogen-bond acceptors (Lipinski definition) is 5. The summed E-state index contributed by atoms with van der Waals surface area (Å²) in [5.41, 5.74) is 0.726. The molecule has 2 aliphatic rings. The van der Waals surface area contributed by atoms with Gasteiger partial charge in [-0.25, -0.2) is 4.79 Å². The van der Waals surface area contributed by atoms with Crippen molar-refractivity contribution in [3.05, 3.63) is 35.4 Å². The summed E-state index contributed by atoms with van der Waals surface area (Å²) >= 11 is 0. The van der Waals surface area contributed by atoms with Crippen molar-refractivity contribution < 1.29 is 23.9 Å². The van der Waals surface area contributed by atoms with Crippen LogP contribution in [0.25, 0.3) is 0 Å². The fourth-order valence-corrected chi connectivity index (χ4v) is 2.57. The number of fused-ring (bicyclic) bond motifs is 1. The van der Waals surface area contributed by atoms with Crippen molar-refractivity contribution in [2.24, 2.45) is 0 Å². The maximum Gasteiger partial charge on any atom is 0.328 e.